The van der Waals surface area contributed by atoms with Crippen LogP contribution in [0.4, 0.5) is 0 Å². The lowest BCUT2D eigenvalue weighted by atomic mass is 10.1. The molecule has 3 heteroatoms. The average molecular weight is 234 g/mol. The van der Waals surface area contributed by atoms with Crippen LogP contribution in [0.15, 0.2) is 46.9 Å². The summed E-state index contributed by atoms with van der Waals surface area (Å²) in [5, 5.41) is 8.75. The lowest BCUT2D eigenvalue weighted by Gasteiger charge is -1.93. The molecule has 0 unspecified atom stereocenters. The number of benzene rings is 2. The molecule has 0 atom stereocenters. The van der Waals surface area contributed by atoms with Gasteiger partial charge in [-0.1, -0.05) is 6.07 Å². The van der Waals surface area contributed by atoms with Crippen molar-refractivity contribution in [2.75, 3.05) is 0 Å². The minimum absolute atomic E-state index is 0.583. The van der Waals surface area contributed by atoms with Crippen LogP contribution in [0.2, 0.25) is 0 Å². The molecular weight excluding hydrogens is 224 g/mol. The fourth-order valence-corrected chi connectivity index (χ4v) is 1.85. The third-order valence-electron chi connectivity index (χ3n) is 2.80. The van der Waals surface area contributed by atoms with E-state index in [1.807, 2.05) is 37.3 Å². The third-order valence-corrected chi connectivity index (χ3v) is 2.80. The first-order valence-electron chi connectivity index (χ1n) is 5.64. The van der Waals surface area contributed by atoms with E-state index in [0.717, 1.165) is 22.2 Å². The minimum atomic E-state index is 0.583. The predicted molar refractivity (Wildman–Crippen MR) is 68.9 cm³/mol. The number of fused-ring (bicyclic) bond motifs is 1. The molecule has 0 aliphatic rings. The highest BCUT2D eigenvalue weighted by Crippen LogP contribution is 2.24. The summed E-state index contributed by atoms with van der Waals surface area (Å²) < 4.78 is 5.69. The summed E-state index contributed by atoms with van der Waals surface area (Å²) in [5.41, 5.74) is 4.30. The van der Waals surface area contributed by atoms with Crippen molar-refractivity contribution in [2.24, 2.45) is 0 Å². The highest BCUT2D eigenvalue weighted by Gasteiger charge is 2.07. The maximum Gasteiger partial charge on any atom is 0.227 e. The third kappa shape index (κ3) is 1.74. The average Bonchev–Trinajstić information content (AvgIpc) is 2.81. The fourth-order valence-electron chi connectivity index (χ4n) is 1.85. The molecule has 3 aromatic rings. The zero-order valence-corrected chi connectivity index (χ0v) is 9.84. The maximum atomic E-state index is 8.75. The van der Waals surface area contributed by atoms with E-state index in [1.165, 1.54) is 0 Å². The van der Waals surface area contributed by atoms with Crippen molar-refractivity contribution in [3.05, 3.63) is 53.6 Å². The highest BCUT2D eigenvalue weighted by molar-refractivity contribution is 5.76. The largest absolute Gasteiger partial charge is 0.436 e. The van der Waals surface area contributed by atoms with E-state index in [1.54, 1.807) is 12.1 Å². The highest BCUT2D eigenvalue weighted by atomic mass is 16.3. The van der Waals surface area contributed by atoms with Crippen LogP contribution in [-0.2, 0) is 0 Å². The molecular formula is C15H10N2O. The predicted octanol–water partition coefficient (Wildman–Crippen LogP) is 3.67. The molecule has 0 amide bonds. The molecule has 0 fully saturated rings. The molecule has 3 rings (SSSR count). The van der Waals surface area contributed by atoms with Gasteiger partial charge in [0.05, 0.1) is 11.6 Å². The van der Waals surface area contributed by atoms with Crippen LogP contribution >= 0.6 is 0 Å². The Morgan fingerprint density at radius 1 is 1.11 bits per heavy atom. The molecule has 0 aliphatic carbocycles. The molecule has 0 saturated heterocycles. The van der Waals surface area contributed by atoms with Gasteiger partial charge in [-0.05, 0) is 48.9 Å². The van der Waals surface area contributed by atoms with Gasteiger partial charge in [-0.25, -0.2) is 4.98 Å². The minimum Gasteiger partial charge on any atom is -0.436 e. The van der Waals surface area contributed by atoms with Crippen molar-refractivity contribution < 1.29 is 4.42 Å². The number of nitrogens with zero attached hydrogens (tertiary/aromatic N) is 2. The van der Waals surface area contributed by atoms with Gasteiger partial charge in [0.1, 0.15) is 5.52 Å². The topological polar surface area (TPSA) is 49.8 Å². The van der Waals surface area contributed by atoms with Crippen molar-refractivity contribution in [1.82, 2.24) is 4.98 Å². The SMILES string of the molecule is Cc1ccc2oc(-c3ccc(C#N)cc3)nc2c1. The Morgan fingerprint density at radius 2 is 1.89 bits per heavy atom. The summed E-state index contributed by atoms with van der Waals surface area (Å²) in [5.74, 6) is 0.583. The number of hydrogen-bond donors (Lipinski definition) is 0. The molecule has 1 aromatic heterocycles. The van der Waals surface area contributed by atoms with E-state index < -0.39 is 0 Å². The van der Waals surface area contributed by atoms with Crippen molar-refractivity contribution in [1.29, 1.82) is 5.26 Å². The van der Waals surface area contributed by atoms with Gasteiger partial charge in [-0.2, -0.15) is 5.26 Å². The smallest absolute Gasteiger partial charge is 0.227 e. The van der Waals surface area contributed by atoms with Crippen LogP contribution in [-0.4, -0.2) is 4.98 Å². The van der Waals surface area contributed by atoms with Crippen molar-refractivity contribution in [2.45, 2.75) is 6.92 Å². The van der Waals surface area contributed by atoms with Gasteiger partial charge in [-0.3, -0.25) is 0 Å². The molecule has 86 valence electrons. The van der Waals surface area contributed by atoms with Gasteiger partial charge in [0.15, 0.2) is 5.58 Å². The second-order valence-corrected chi connectivity index (χ2v) is 4.18. The van der Waals surface area contributed by atoms with Gasteiger partial charge >= 0.3 is 0 Å². The molecule has 0 N–H and O–H groups in total. The van der Waals surface area contributed by atoms with E-state index in [2.05, 4.69) is 11.1 Å². The van der Waals surface area contributed by atoms with Gasteiger partial charge in [0, 0.05) is 5.56 Å². The summed E-state index contributed by atoms with van der Waals surface area (Å²) in [6.07, 6.45) is 0. The van der Waals surface area contributed by atoms with E-state index in [4.69, 9.17) is 9.68 Å². The van der Waals surface area contributed by atoms with Gasteiger partial charge in [0.25, 0.3) is 0 Å². The number of aryl methyl sites for hydroxylation is 1. The summed E-state index contributed by atoms with van der Waals surface area (Å²) in [7, 11) is 0. The molecule has 0 saturated carbocycles. The van der Waals surface area contributed by atoms with Crippen LogP contribution in [0.1, 0.15) is 11.1 Å². The molecule has 18 heavy (non-hydrogen) atoms. The van der Waals surface area contributed by atoms with Gasteiger partial charge in [0.2, 0.25) is 5.89 Å². The Labute approximate surface area is 104 Å². The summed E-state index contributed by atoms with van der Waals surface area (Å²) in [6.45, 7) is 2.02. The quantitative estimate of drug-likeness (QED) is 0.645. The Morgan fingerprint density at radius 3 is 2.61 bits per heavy atom. The number of rotatable bonds is 1. The molecule has 1 heterocycles. The maximum absolute atomic E-state index is 8.75. The van der Waals surface area contributed by atoms with Crippen molar-refractivity contribution >= 4 is 11.1 Å². The van der Waals surface area contributed by atoms with Crippen molar-refractivity contribution in [3.63, 3.8) is 0 Å². The van der Waals surface area contributed by atoms with Crippen LogP contribution in [0, 0.1) is 18.3 Å². The zero-order chi connectivity index (χ0) is 12.5. The van der Waals surface area contributed by atoms with Crippen LogP contribution < -0.4 is 0 Å². The molecule has 0 aliphatic heterocycles. The van der Waals surface area contributed by atoms with Crippen molar-refractivity contribution in [3.8, 4) is 17.5 Å². The summed E-state index contributed by atoms with van der Waals surface area (Å²) in [6, 6.07) is 15.2. The number of nitriles is 1. The Bertz CT molecular complexity index is 748. The number of aromatic nitrogens is 1. The van der Waals surface area contributed by atoms with Crippen LogP contribution in [0.25, 0.3) is 22.6 Å². The Balaban J connectivity index is 2.10. The molecule has 3 nitrogen and oxygen atoms in total. The van der Waals surface area contributed by atoms with E-state index in [-0.39, 0.29) is 0 Å². The standard InChI is InChI=1S/C15H10N2O/c1-10-2-7-14-13(8-10)17-15(18-14)12-5-3-11(9-16)4-6-12/h2-8H,1H3. The first kappa shape index (κ1) is 10.5. The van der Waals surface area contributed by atoms with Crippen LogP contribution in [0.3, 0.4) is 0 Å². The van der Waals surface area contributed by atoms with Gasteiger partial charge in [-0.15, -0.1) is 0 Å². The Hall–Kier alpha value is -2.60. The molecule has 0 radical (unpaired) electrons. The van der Waals surface area contributed by atoms with Crippen LogP contribution in [0.5, 0.6) is 0 Å². The van der Waals surface area contributed by atoms with E-state index in [9.17, 15) is 0 Å². The van der Waals surface area contributed by atoms with Gasteiger partial charge < -0.3 is 4.42 Å². The normalized spacial score (nSPS) is 10.4. The number of hydrogen-bond acceptors (Lipinski definition) is 3. The van der Waals surface area contributed by atoms with E-state index in [0.29, 0.717) is 11.5 Å². The lowest BCUT2D eigenvalue weighted by molar-refractivity contribution is 0.620. The number of oxazole rings is 1. The molecule has 0 spiro atoms. The second-order valence-electron chi connectivity index (χ2n) is 4.18. The molecule has 0 bridgehead atoms. The Kier molecular flexibility index (Phi) is 2.35. The first-order chi connectivity index (χ1) is 8.76. The zero-order valence-electron chi connectivity index (χ0n) is 9.84. The van der Waals surface area contributed by atoms with E-state index >= 15 is 0 Å². The summed E-state index contributed by atoms with van der Waals surface area (Å²) >= 11 is 0. The fraction of sp³-hybridized carbons (Fsp3) is 0.0667. The lowest BCUT2D eigenvalue weighted by Crippen LogP contribution is -1.78. The first-order valence-corrected chi connectivity index (χ1v) is 5.64. The molecule has 2 aromatic carbocycles. The summed E-state index contributed by atoms with van der Waals surface area (Å²) in [4.78, 5) is 4.45. The monoisotopic (exact) mass is 234 g/mol. The second kappa shape index (κ2) is 4.01.